The normalized spacial score (nSPS) is 13.1. The maximum absolute atomic E-state index is 12.3. The van der Waals surface area contributed by atoms with Crippen LogP contribution >= 0.6 is 11.6 Å². The van der Waals surface area contributed by atoms with Crippen LogP contribution in [-0.4, -0.2) is 16.3 Å². The standard InChI is InChI=1S/C11H6ClF3N2/c12-10(11(13,14)15)17-9-5-6-16-8-4-2-1-3-7(8)9/h1-6H. The van der Waals surface area contributed by atoms with Gasteiger partial charge < -0.3 is 0 Å². The van der Waals surface area contributed by atoms with E-state index in [4.69, 9.17) is 11.6 Å². The molecule has 6 heteroatoms. The summed E-state index contributed by atoms with van der Waals surface area (Å²) in [5.41, 5.74) is 0.721. The predicted octanol–water partition coefficient (Wildman–Crippen LogP) is 4.07. The number of aliphatic imine (C=N–C) groups is 1. The van der Waals surface area contributed by atoms with Gasteiger partial charge in [0.15, 0.2) is 0 Å². The Bertz CT molecular complexity index is 573. The molecule has 0 radical (unpaired) electrons. The molecule has 1 aromatic carbocycles. The first-order valence-corrected chi connectivity index (χ1v) is 5.01. The lowest BCUT2D eigenvalue weighted by Gasteiger charge is -2.04. The highest BCUT2D eigenvalue weighted by Gasteiger charge is 2.34. The zero-order valence-corrected chi connectivity index (χ0v) is 9.13. The van der Waals surface area contributed by atoms with Gasteiger partial charge in [0, 0.05) is 11.6 Å². The molecule has 0 N–H and O–H groups in total. The van der Waals surface area contributed by atoms with E-state index in [0.29, 0.717) is 10.9 Å². The van der Waals surface area contributed by atoms with Crippen LogP contribution in [0, 0.1) is 0 Å². The summed E-state index contributed by atoms with van der Waals surface area (Å²) in [6.45, 7) is 0. The van der Waals surface area contributed by atoms with Crippen LogP contribution in [0.5, 0.6) is 0 Å². The third-order valence-corrected chi connectivity index (χ3v) is 2.38. The van der Waals surface area contributed by atoms with Gasteiger partial charge in [-0.15, -0.1) is 0 Å². The Balaban J connectivity index is 2.57. The Morgan fingerprint density at radius 1 is 1.18 bits per heavy atom. The number of pyridine rings is 1. The molecule has 88 valence electrons. The Labute approximate surface area is 99.8 Å². The highest BCUT2D eigenvalue weighted by Crippen LogP contribution is 2.28. The molecule has 1 aromatic heterocycles. The third-order valence-electron chi connectivity index (χ3n) is 2.08. The molecule has 0 bridgehead atoms. The van der Waals surface area contributed by atoms with Gasteiger partial charge in [-0.25, -0.2) is 4.99 Å². The molecular formula is C11H6ClF3N2. The first-order chi connectivity index (χ1) is 7.98. The number of hydrogen-bond donors (Lipinski definition) is 0. The van der Waals surface area contributed by atoms with Gasteiger partial charge in [-0.05, 0) is 12.1 Å². The van der Waals surface area contributed by atoms with Gasteiger partial charge in [0.25, 0.3) is 0 Å². The molecule has 0 atom stereocenters. The minimum absolute atomic E-state index is 0.151. The van der Waals surface area contributed by atoms with Crippen LogP contribution < -0.4 is 0 Å². The van der Waals surface area contributed by atoms with E-state index in [1.807, 2.05) is 0 Å². The zero-order valence-electron chi connectivity index (χ0n) is 8.37. The summed E-state index contributed by atoms with van der Waals surface area (Å²) in [6.07, 6.45) is -3.24. The summed E-state index contributed by atoms with van der Waals surface area (Å²) in [5.74, 6) is 0. The van der Waals surface area contributed by atoms with E-state index in [1.54, 1.807) is 24.3 Å². The Morgan fingerprint density at radius 2 is 1.88 bits per heavy atom. The zero-order chi connectivity index (χ0) is 12.5. The summed E-state index contributed by atoms with van der Waals surface area (Å²) in [6, 6.07) is 8.16. The number of nitrogens with zero attached hydrogens (tertiary/aromatic N) is 2. The van der Waals surface area contributed by atoms with Crippen molar-refractivity contribution in [3.63, 3.8) is 0 Å². The SMILES string of the molecule is FC(F)(F)C(Cl)=Nc1ccnc2ccccc12. The highest BCUT2D eigenvalue weighted by molar-refractivity contribution is 6.67. The van der Waals surface area contributed by atoms with Gasteiger partial charge in [-0.3, -0.25) is 4.98 Å². The van der Waals surface area contributed by atoms with Crippen molar-refractivity contribution < 1.29 is 13.2 Å². The number of hydrogen-bond acceptors (Lipinski definition) is 2. The van der Waals surface area contributed by atoms with Crippen molar-refractivity contribution in [2.24, 2.45) is 4.99 Å². The van der Waals surface area contributed by atoms with Gasteiger partial charge in [0.2, 0.25) is 5.17 Å². The summed E-state index contributed by atoms with van der Waals surface area (Å²) in [4.78, 5) is 7.39. The van der Waals surface area contributed by atoms with Crippen molar-refractivity contribution >= 4 is 33.4 Å². The first kappa shape index (κ1) is 11.9. The third kappa shape index (κ3) is 2.55. The monoisotopic (exact) mass is 258 g/mol. The Morgan fingerprint density at radius 3 is 2.59 bits per heavy atom. The van der Waals surface area contributed by atoms with Gasteiger partial charge in [-0.1, -0.05) is 29.8 Å². The Kier molecular flexibility index (Phi) is 3.02. The molecule has 0 aliphatic heterocycles. The lowest BCUT2D eigenvalue weighted by molar-refractivity contribution is -0.0558. The average molecular weight is 259 g/mol. The molecule has 0 aliphatic rings. The van der Waals surface area contributed by atoms with E-state index in [-0.39, 0.29) is 5.69 Å². The minimum atomic E-state index is -4.63. The number of aromatic nitrogens is 1. The molecule has 17 heavy (non-hydrogen) atoms. The van der Waals surface area contributed by atoms with Crippen LogP contribution in [-0.2, 0) is 0 Å². The second kappa shape index (κ2) is 4.33. The van der Waals surface area contributed by atoms with E-state index >= 15 is 0 Å². The van der Waals surface area contributed by atoms with Gasteiger partial charge in [0.05, 0.1) is 11.2 Å². The molecule has 0 unspecified atom stereocenters. The number of halogens is 4. The lowest BCUT2D eigenvalue weighted by Crippen LogP contribution is -2.16. The molecular weight excluding hydrogens is 253 g/mol. The lowest BCUT2D eigenvalue weighted by atomic mass is 10.2. The van der Waals surface area contributed by atoms with Crippen LogP contribution in [0.25, 0.3) is 10.9 Å². The summed E-state index contributed by atoms with van der Waals surface area (Å²) in [5, 5.41) is -0.869. The largest absolute Gasteiger partial charge is 0.444 e. The number of benzene rings is 1. The average Bonchev–Trinajstić information content (AvgIpc) is 2.28. The van der Waals surface area contributed by atoms with Crippen molar-refractivity contribution in [2.45, 2.75) is 6.18 Å². The summed E-state index contributed by atoms with van der Waals surface area (Å²) < 4.78 is 36.8. The van der Waals surface area contributed by atoms with Crippen LogP contribution in [0.4, 0.5) is 18.9 Å². The van der Waals surface area contributed by atoms with E-state index in [1.165, 1.54) is 12.3 Å². The first-order valence-electron chi connectivity index (χ1n) is 4.63. The van der Waals surface area contributed by atoms with Crippen molar-refractivity contribution in [1.82, 2.24) is 4.98 Å². The van der Waals surface area contributed by atoms with Gasteiger partial charge >= 0.3 is 6.18 Å². The predicted molar refractivity (Wildman–Crippen MR) is 60.7 cm³/mol. The maximum Gasteiger partial charge on any atom is 0.444 e. The maximum atomic E-state index is 12.3. The summed E-state index contributed by atoms with van der Waals surface area (Å²) >= 11 is 5.10. The molecule has 0 aliphatic carbocycles. The van der Waals surface area contributed by atoms with Crippen molar-refractivity contribution in [1.29, 1.82) is 0 Å². The smallest absolute Gasteiger partial charge is 0.256 e. The summed E-state index contributed by atoms with van der Waals surface area (Å²) in [7, 11) is 0. The van der Waals surface area contributed by atoms with E-state index < -0.39 is 11.3 Å². The van der Waals surface area contributed by atoms with Gasteiger partial charge in [0.1, 0.15) is 0 Å². The van der Waals surface area contributed by atoms with Crippen molar-refractivity contribution in [3.8, 4) is 0 Å². The highest BCUT2D eigenvalue weighted by atomic mass is 35.5. The number of para-hydroxylation sites is 1. The molecule has 0 fully saturated rings. The van der Waals surface area contributed by atoms with E-state index in [2.05, 4.69) is 9.98 Å². The van der Waals surface area contributed by atoms with E-state index in [9.17, 15) is 13.2 Å². The van der Waals surface area contributed by atoms with Crippen LogP contribution in [0.1, 0.15) is 0 Å². The molecule has 2 aromatic rings. The fourth-order valence-corrected chi connectivity index (χ4v) is 1.44. The second-order valence-electron chi connectivity index (χ2n) is 3.25. The number of fused-ring (bicyclic) bond motifs is 1. The fraction of sp³-hybridized carbons (Fsp3) is 0.0909. The number of alkyl halides is 3. The number of rotatable bonds is 1. The van der Waals surface area contributed by atoms with Crippen molar-refractivity contribution in [2.75, 3.05) is 0 Å². The molecule has 2 nitrogen and oxygen atoms in total. The molecule has 0 saturated heterocycles. The fourth-order valence-electron chi connectivity index (χ4n) is 1.35. The topological polar surface area (TPSA) is 25.2 Å². The molecule has 0 amide bonds. The molecule has 0 saturated carbocycles. The van der Waals surface area contributed by atoms with Gasteiger partial charge in [-0.2, -0.15) is 13.2 Å². The quantitative estimate of drug-likeness (QED) is 0.708. The minimum Gasteiger partial charge on any atom is -0.256 e. The second-order valence-corrected chi connectivity index (χ2v) is 3.61. The Hall–Kier alpha value is -1.62. The molecule has 0 spiro atoms. The van der Waals surface area contributed by atoms with E-state index in [0.717, 1.165) is 0 Å². The van der Waals surface area contributed by atoms with Crippen LogP contribution in [0.15, 0.2) is 41.5 Å². The molecule has 1 heterocycles. The van der Waals surface area contributed by atoms with Crippen LogP contribution in [0.2, 0.25) is 0 Å². The molecule has 2 rings (SSSR count). The van der Waals surface area contributed by atoms with Crippen LogP contribution in [0.3, 0.4) is 0 Å². The van der Waals surface area contributed by atoms with Crippen molar-refractivity contribution in [3.05, 3.63) is 36.5 Å².